The largest absolute Gasteiger partial charge is 0.497 e. The van der Waals surface area contributed by atoms with Crippen LogP contribution in [-0.4, -0.2) is 43.3 Å². The zero-order valence-corrected chi connectivity index (χ0v) is 20.5. The fourth-order valence-corrected chi connectivity index (χ4v) is 5.95. The Balaban J connectivity index is 1.31. The number of carbonyl (C=O) groups excluding carboxylic acids is 1. The van der Waals surface area contributed by atoms with Crippen molar-refractivity contribution in [3.63, 3.8) is 0 Å². The summed E-state index contributed by atoms with van der Waals surface area (Å²) in [5, 5.41) is 17.4. The molecule has 2 heterocycles. The minimum absolute atomic E-state index is 0.0473. The molecule has 8 nitrogen and oxygen atoms in total. The second-order valence-corrected chi connectivity index (χ2v) is 10.1. The number of aromatic nitrogens is 5. The lowest BCUT2D eigenvalue weighted by atomic mass is 9.95. The van der Waals surface area contributed by atoms with E-state index in [-0.39, 0.29) is 11.7 Å². The molecule has 0 atom stereocenters. The summed E-state index contributed by atoms with van der Waals surface area (Å²) in [5.41, 5.74) is 1.01. The molecule has 2 fully saturated rings. The van der Waals surface area contributed by atoms with E-state index in [1.54, 1.807) is 13.3 Å². The van der Waals surface area contributed by atoms with E-state index < -0.39 is 0 Å². The Morgan fingerprint density at radius 1 is 1.00 bits per heavy atom. The smallest absolute Gasteiger partial charge is 0.235 e. The first-order valence-electron chi connectivity index (χ1n) is 12.3. The molecule has 2 aliphatic carbocycles. The van der Waals surface area contributed by atoms with Crippen LogP contribution in [0.15, 0.2) is 41.7 Å². The summed E-state index contributed by atoms with van der Waals surface area (Å²) in [4.78, 5) is 12.8. The quantitative estimate of drug-likeness (QED) is 0.428. The molecule has 1 amide bonds. The predicted molar refractivity (Wildman–Crippen MR) is 133 cm³/mol. The van der Waals surface area contributed by atoms with Crippen LogP contribution in [0.2, 0.25) is 0 Å². The molecule has 3 aromatic rings. The summed E-state index contributed by atoms with van der Waals surface area (Å²) < 4.78 is 9.53. The summed E-state index contributed by atoms with van der Waals surface area (Å²) in [5.74, 6) is 2.69. The van der Waals surface area contributed by atoms with Crippen LogP contribution in [0.5, 0.6) is 5.75 Å². The van der Waals surface area contributed by atoms with Crippen molar-refractivity contribution in [3.8, 4) is 17.1 Å². The van der Waals surface area contributed by atoms with Crippen molar-refractivity contribution in [1.29, 1.82) is 0 Å². The van der Waals surface area contributed by atoms with Gasteiger partial charge in [-0.3, -0.25) is 9.36 Å². The van der Waals surface area contributed by atoms with Crippen molar-refractivity contribution in [1.82, 2.24) is 24.5 Å². The van der Waals surface area contributed by atoms with Gasteiger partial charge in [0, 0.05) is 17.7 Å². The fourth-order valence-electron chi connectivity index (χ4n) is 5.14. The van der Waals surface area contributed by atoms with Crippen LogP contribution in [0.1, 0.15) is 69.9 Å². The fraction of sp³-hybridized carbons (Fsp3) is 0.520. The summed E-state index contributed by atoms with van der Waals surface area (Å²) in [6.45, 7) is 0. The standard InChI is InChI=1S/C25H32N6O2S/c1-33-21-13-11-18(12-14-21)24-28-29-25(30(24)19-7-3-2-4-8-19)34-17-23(32)27-22-15-16-26-31(22)20-9-5-6-10-20/h11-16,19-20H,2-10,17H2,1H3,(H,27,32). The SMILES string of the molecule is COc1ccc(-c2nnc(SCC(=O)Nc3ccnn3C3CCCC3)n2C2CCCCC2)cc1. The van der Waals surface area contributed by atoms with Crippen molar-refractivity contribution in [2.45, 2.75) is 75.0 Å². The van der Waals surface area contributed by atoms with E-state index in [1.807, 2.05) is 35.0 Å². The van der Waals surface area contributed by atoms with Gasteiger partial charge in [0.15, 0.2) is 11.0 Å². The van der Waals surface area contributed by atoms with Gasteiger partial charge in [0.05, 0.1) is 25.1 Å². The maximum Gasteiger partial charge on any atom is 0.235 e. The summed E-state index contributed by atoms with van der Waals surface area (Å²) in [6, 6.07) is 10.6. The van der Waals surface area contributed by atoms with Crippen LogP contribution in [0.25, 0.3) is 11.4 Å². The highest BCUT2D eigenvalue weighted by Crippen LogP contribution is 2.36. The number of anilines is 1. The lowest BCUT2D eigenvalue weighted by Gasteiger charge is -2.25. The van der Waals surface area contributed by atoms with Crippen molar-refractivity contribution in [2.75, 3.05) is 18.2 Å². The number of nitrogens with zero attached hydrogens (tertiary/aromatic N) is 5. The van der Waals surface area contributed by atoms with Crippen molar-refractivity contribution in [2.24, 2.45) is 0 Å². The molecule has 0 bridgehead atoms. The average Bonchev–Trinajstić information content (AvgIpc) is 3.64. The van der Waals surface area contributed by atoms with Gasteiger partial charge in [0.2, 0.25) is 5.91 Å². The van der Waals surface area contributed by atoms with Crippen LogP contribution in [0.4, 0.5) is 5.82 Å². The predicted octanol–water partition coefficient (Wildman–Crippen LogP) is 5.50. The number of nitrogens with one attached hydrogen (secondary N) is 1. The lowest BCUT2D eigenvalue weighted by Crippen LogP contribution is -2.20. The molecule has 2 saturated carbocycles. The van der Waals surface area contributed by atoms with Crippen LogP contribution < -0.4 is 10.1 Å². The number of thioether (sulfide) groups is 1. The van der Waals surface area contributed by atoms with E-state index in [9.17, 15) is 4.79 Å². The Hall–Kier alpha value is -2.81. The molecule has 0 spiro atoms. The minimum atomic E-state index is -0.0473. The van der Waals surface area contributed by atoms with Crippen molar-refractivity contribution in [3.05, 3.63) is 36.5 Å². The summed E-state index contributed by atoms with van der Waals surface area (Å²) in [6.07, 6.45) is 12.4. The van der Waals surface area contributed by atoms with E-state index in [1.165, 1.54) is 43.9 Å². The molecular formula is C25H32N6O2S. The van der Waals surface area contributed by atoms with Gasteiger partial charge in [-0.15, -0.1) is 10.2 Å². The topological polar surface area (TPSA) is 86.9 Å². The number of hydrogen-bond acceptors (Lipinski definition) is 6. The van der Waals surface area contributed by atoms with Crippen LogP contribution in [0.3, 0.4) is 0 Å². The molecular weight excluding hydrogens is 448 g/mol. The molecule has 1 N–H and O–H groups in total. The number of rotatable bonds is 8. The van der Waals surface area contributed by atoms with E-state index in [2.05, 4.69) is 25.2 Å². The Morgan fingerprint density at radius 3 is 2.44 bits per heavy atom. The summed E-state index contributed by atoms with van der Waals surface area (Å²) >= 11 is 1.45. The molecule has 1 aromatic carbocycles. The van der Waals surface area contributed by atoms with Crippen LogP contribution >= 0.6 is 11.8 Å². The first kappa shape index (κ1) is 23.0. The minimum Gasteiger partial charge on any atom is -0.497 e. The second kappa shape index (κ2) is 10.6. The summed E-state index contributed by atoms with van der Waals surface area (Å²) in [7, 11) is 1.67. The van der Waals surface area contributed by atoms with Gasteiger partial charge in [-0.2, -0.15) is 5.10 Å². The number of hydrogen-bond donors (Lipinski definition) is 1. The average molecular weight is 481 g/mol. The Labute approximate surface area is 204 Å². The normalized spacial score (nSPS) is 17.2. The van der Waals surface area contributed by atoms with E-state index >= 15 is 0 Å². The third-order valence-corrected chi connectivity index (χ3v) is 7.84. The third-order valence-electron chi connectivity index (χ3n) is 6.89. The van der Waals surface area contributed by atoms with Crippen LogP contribution in [-0.2, 0) is 4.79 Å². The molecule has 9 heteroatoms. The lowest BCUT2D eigenvalue weighted by molar-refractivity contribution is -0.113. The number of amides is 1. The zero-order valence-electron chi connectivity index (χ0n) is 19.7. The van der Waals surface area contributed by atoms with Crippen LogP contribution in [0, 0.1) is 0 Å². The van der Waals surface area contributed by atoms with Gasteiger partial charge in [0.25, 0.3) is 0 Å². The molecule has 0 radical (unpaired) electrons. The van der Waals surface area contributed by atoms with Gasteiger partial charge >= 0.3 is 0 Å². The Bertz CT molecular complexity index is 1100. The third kappa shape index (κ3) is 4.99. The molecule has 0 aliphatic heterocycles. The highest BCUT2D eigenvalue weighted by molar-refractivity contribution is 7.99. The molecule has 0 saturated heterocycles. The Morgan fingerprint density at radius 2 is 1.71 bits per heavy atom. The maximum atomic E-state index is 12.8. The number of benzene rings is 1. The Kier molecular flexibility index (Phi) is 7.18. The maximum absolute atomic E-state index is 12.8. The first-order valence-corrected chi connectivity index (χ1v) is 13.3. The van der Waals surface area contributed by atoms with Gasteiger partial charge in [-0.25, -0.2) is 4.68 Å². The molecule has 0 unspecified atom stereocenters. The molecule has 34 heavy (non-hydrogen) atoms. The zero-order chi connectivity index (χ0) is 23.3. The van der Waals surface area contributed by atoms with Gasteiger partial charge in [0.1, 0.15) is 11.6 Å². The molecule has 180 valence electrons. The number of carbonyl (C=O) groups is 1. The van der Waals surface area contributed by atoms with Gasteiger partial charge in [-0.05, 0) is 49.9 Å². The highest BCUT2D eigenvalue weighted by Gasteiger charge is 2.25. The number of ether oxygens (including phenoxy) is 1. The van der Waals surface area contributed by atoms with E-state index in [4.69, 9.17) is 4.74 Å². The molecule has 5 rings (SSSR count). The second-order valence-electron chi connectivity index (χ2n) is 9.13. The highest BCUT2D eigenvalue weighted by atomic mass is 32.2. The monoisotopic (exact) mass is 480 g/mol. The molecule has 2 aliphatic rings. The molecule has 2 aromatic heterocycles. The van der Waals surface area contributed by atoms with Gasteiger partial charge in [-0.1, -0.05) is 43.9 Å². The van der Waals surface area contributed by atoms with Crippen molar-refractivity contribution < 1.29 is 9.53 Å². The first-order chi connectivity index (χ1) is 16.7. The van der Waals surface area contributed by atoms with E-state index in [0.717, 1.165) is 53.8 Å². The van der Waals surface area contributed by atoms with Gasteiger partial charge < -0.3 is 10.1 Å². The van der Waals surface area contributed by atoms with E-state index in [0.29, 0.717) is 12.1 Å². The van der Waals surface area contributed by atoms with Crippen molar-refractivity contribution >= 4 is 23.5 Å². The number of methoxy groups -OCH3 is 1.